The number of carbonyl (C=O) groups is 1. The van der Waals surface area contributed by atoms with E-state index in [1.54, 1.807) is 6.08 Å². The molecule has 1 heterocycles. The Bertz CT molecular complexity index is 421. The highest BCUT2D eigenvalue weighted by molar-refractivity contribution is 5.81. The van der Waals surface area contributed by atoms with Crippen molar-refractivity contribution < 1.29 is 14.3 Å². The summed E-state index contributed by atoms with van der Waals surface area (Å²) in [6.07, 6.45) is 3.99. The summed E-state index contributed by atoms with van der Waals surface area (Å²) in [6.45, 7) is 3.32. The molecule has 3 heteroatoms. The van der Waals surface area contributed by atoms with E-state index < -0.39 is 12.3 Å². The molecule has 2 rings (SSSR count). The van der Waals surface area contributed by atoms with Crippen LogP contribution in [0.4, 0.5) is 0 Å². The van der Waals surface area contributed by atoms with Crippen molar-refractivity contribution in [2.45, 2.75) is 6.29 Å². The molecule has 1 aliphatic rings. The van der Waals surface area contributed by atoms with Gasteiger partial charge in [0.15, 0.2) is 0 Å². The maximum atomic E-state index is 10.9. The molecule has 15 heavy (non-hydrogen) atoms. The van der Waals surface area contributed by atoms with Gasteiger partial charge in [-0.15, -0.1) is 0 Å². The summed E-state index contributed by atoms with van der Waals surface area (Å²) >= 11 is 0. The van der Waals surface area contributed by atoms with Gasteiger partial charge in [0.25, 0.3) is 6.29 Å². The van der Waals surface area contributed by atoms with Crippen LogP contribution >= 0.6 is 0 Å². The van der Waals surface area contributed by atoms with Crippen LogP contribution in [-0.4, -0.2) is 12.3 Å². The van der Waals surface area contributed by atoms with Crippen molar-refractivity contribution in [3.8, 4) is 5.75 Å². The topological polar surface area (TPSA) is 35.5 Å². The Labute approximate surface area is 87.6 Å². The van der Waals surface area contributed by atoms with E-state index in [1.165, 1.54) is 0 Å². The maximum absolute atomic E-state index is 10.9. The third kappa shape index (κ3) is 2.07. The Balaban J connectivity index is 2.12. The van der Waals surface area contributed by atoms with E-state index >= 15 is 0 Å². The minimum atomic E-state index is -0.662. The Kier molecular flexibility index (Phi) is 2.54. The van der Waals surface area contributed by atoms with Crippen molar-refractivity contribution in [3.05, 3.63) is 48.6 Å². The first-order valence-electron chi connectivity index (χ1n) is 4.56. The molecule has 1 aromatic rings. The van der Waals surface area contributed by atoms with Gasteiger partial charge in [-0.3, -0.25) is 0 Å². The lowest BCUT2D eigenvalue weighted by Gasteiger charge is -2.20. The summed E-state index contributed by atoms with van der Waals surface area (Å²) in [4.78, 5) is 10.9. The molecule has 1 atom stereocenters. The predicted octanol–water partition coefficient (Wildman–Crippen LogP) is 2.15. The van der Waals surface area contributed by atoms with Crippen LogP contribution in [0.5, 0.6) is 5.75 Å². The van der Waals surface area contributed by atoms with E-state index in [1.807, 2.05) is 30.3 Å². The van der Waals surface area contributed by atoms with Gasteiger partial charge in [0.2, 0.25) is 0 Å². The molecule has 0 bridgehead atoms. The second kappa shape index (κ2) is 4.00. The van der Waals surface area contributed by atoms with Crippen molar-refractivity contribution in [2.24, 2.45) is 0 Å². The Morgan fingerprint density at radius 2 is 2.27 bits per heavy atom. The number of ether oxygens (including phenoxy) is 2. The van der Waals surface area contributed by atoms with Crippen LogP contribution in [0.15, 0.2) is 43.0 Å². The molecular formula is C12H10O3. The van der Waals surface area contributed by atoms with Crippen molar-refractivity contribution >= 4 is 12.0 Å². The van der Waals surface area contributed by atoms with Gasteiger partial charge in [-0.1, -0.05) is 24.8 Å². The van der Waals surface area contributed by atoms with E-state index in [0.29, 0.717) is 5.75 Å². The quantitative estimate of drug-likeness (QED) is 0.544. The van der Waals surface area contributed by atoms with Gasteiger partial charge in [0, 0.05) is 11.6 Å². The van der Waals surface area contributed by atoms with Gasteiger partial charge in [-0.05, 0) is 18.2 Å². The Hall–Kier alpha value is -2.03. The normalized spacial score (nSPS) is 17.5. The fourth-order valence-electron chi connectivity index (χ4n) is 1.30. The summed E-state index contributed by atoms with van der Waals surface area (Å²) in [7, 11) is 0. The third-order valence-corrected chi connectivity index (χ3v) is 1.99. The Morgan fingerprint density at radius 1 is 1.47 bits per heavy atom. The summed E-state index contributed by atoms with van der Waals surface area (Å²) in [6, 6.07) is 7.54. The van der Waals surface area contributed by atoms with Gasteiger partial charge in [-0.2, -0.15) is 0 Å². The monoisotopic (exact) mass is 202 g/mol. The van der Waals surface area contributed by atoms with Crippen molar-refractivity contribution in [1.29, 1.82) is 0 Å². The SMILES string of the molecule is C=CC(=O)OC1C=Cc2ccccc2O1. The third-order valence-electron chi connectivity index (χ3n) is 1.99. The van der Waals surface area contributed by atoms with Crippen LogP contribution in [0.2, 0.25) is 0 Å². The molecule has 3 nitrogen and oxygen atoms in total. The van der Waals surface area contributed by atoms with Crippen molar-refractivity contribution in [3.63, 3.8) is 0 Å². The zero-order valence-corrected chi connectivity index (χ0v) is 8.05. The highest BCUT2D eigenvalue weighted by Gasteiger charge is 2.16. The lowest BCUT2D eigenvalue weighted by Crippen LogP contribution is -2.23. The molecule has 0 spiro atoms. The minimum absolute atomic E-state index is 0.496. The van der Waals surface area contributed by atoms with Gasteiger partial charge in [0.1, 0.15) is 5.75 Å². The maximum Gasteiger partial charge on any atom is 0.333 e. The molecule has 0 aliphatic carbocycles. The molecule has 0 N–H and O–H groups in total. The molecule has 1 aromatic carbocycles. The number of hydrogen-bond donors (Lipinski definition) is 0. The standard InChI is InChI=1S/C12H10O3/c1-2-11(13)15-12-8-7-9-5-3-4-6-10(9)14-12/h2-8,12H,1H2. The van der Waals surface area contributed by atoms with Crippen LogP contribution in [0.3, 0.4) is 0 Å². The number of esters is 1. The molecule has 0 fully saturated rings. The van der Waals surface area contributed by atoms with Crippen LogP contribution in [0, 0.1) is 0 Å². The van der Waals surface area contributed by atoms with E-state index in [2.05, 4.69) is 6.58 Å². The molecule has 0 amide bonds. The van der Waals surface area contributed by atoms with E-state index in [9.17, 15) is 4.79 Å². The first kappa shape index (κ1) is 9.52. The molecule has 1 aliphatic heterocycles. The highest BCUT2D eigenvalue weighted by atomic mass is 16.7. The minimum Gasteiger partial charge on any atom is -0.450 e. The largest absolute Gasteiger partial charge is 0.450 e. The molecule has 76 valence electrons. The molecule has 0 aromatic heterocycles. The lowest BCUT2D eigenvalue weighted by molar-refractivity contribution is -0.151. The van der Waals surface area contributed by atoms with Gasteiger partial charge < -0.3 is 9.47 Å². The summed E-state index contributed by atoms with van der Waals surface area (Å²) < 4.78 is 10.4. The summed E-state index contributed by atoms with van der Waals surface area (Å²) in [5, 5.41) is 0. The van der Waals surface area contributed by atoms with Crippen molar-refractivity contribution in [2.75, 3.05) is 0 Å². The number of fused-ring (bicyclic) bond motifs is 1. The van der Waals surface area contributed by atoms with Crippen LogP contribution < -0.4 is 4.74 Å². The summed E-state index contributed by atoms with van der Waals surface area (Å²) in [5.41, 5.74) is 0.975. The Morgan fingerprint density at radius 3 is 3.07 bits per heavy atom. The number of rotatable bonds is 2. The highest BCUT2D eigenvalue weighted by Crippen LogP contribution is 2.25. The van der Waals surface area contributed by atoms with E-state index in [0.717, 1.165) is 11.6 Å². The first-order valence-corrected chi connectivity index (χ1v) is 4.56. The van der Waals surface area contributed by atoms with Gasteiger partial charge >= 0.3 is 5.97 Å². The smallest absolute Gasteiger partial charge is 0.333 e. The second-order valence-corrected chi connectivity index (χ2v) is 3.02. The first-order chi connectivity index (χ1) is 7.29. The molecule has 0 saturated heterocycles. The molecule has 0 radical (unpaired) electrons. The summed E-state index contributed by atoms with van der Waals surface area (Å²) in [5.74, 6) is 0.214. The lowest BCUT2D eigenvalue weighted by atomic mass is 10.1. The average Bonchev–Trinajstić information content (AvgIpc) is 2.29. The number of benzene rings is 1. The zero-order chi connectivity index (χ0) is 10.7. The second-order valence-electron chi connectivity index (χ2n) is 3.02. The fraction of sp³-hybridized carbons (Fsp3) is 0.0833. The average molecular weight is 202 g/mol. The number of hydrogen-bond acceptors (Lipinski definition) is 3. The zero-order valence-electron chi connectivity index (χ0n) is 8.05. The molecule has 0 saturated carbocycles. The number of carbonyl (C=O) groups excluding carboxylic acids is 1. The van der Waals surface area contributed by atoms with E-state index in [4.69, 9.17) is 9.47 Å². The van der Waals surface area contributed by atoms with Crippen LogP contribution in [0.1, 0.15) is 5.56 Å². The van der Waals surface area contributed by atoms with Gasteiger partial charge in [0.05, 0.1) is 0 Å². The van der Waals surface area contributed by atoms with Crippen molar-refractivity contribution in [1.82, 2.24) is 0 Å². The fourth-order valence-corrected chi connectivity index (χ4v) is 1.30. The van der Waals surface area contributed by atoms with Crippen LogP contribution in [-0.2, 0) is 9.53 Å². The predicted molar refractivity (Wildman–Crippen MR) is 56.2 cm³/mol. The van der Waals surface area contributed by atoms with Crippen LogP contribution in [0.25, 0.3) is 6.08 Å². The van der Waals surface area contributed by atoms with E-state index in [-0.39, 0.29) is 0 Å². The number of para-hydroxylation sites is 1. The van der Waals surface area contributed by atoms with Gasteiger partial charge in [-0.25, -0.2) is 4.79 Å². The molecule has 1 unspecified atom stereocenters. The molecular weight excluding hydrogens is 192 g/mol.